The lowest BCUT2D eigenvalue weighted by atomic mass is 10.3. The number of carboxylic acid groups (broad SMARTS) is 1. The van der Waals surface area contributed by atoms with Gasteiger partial charge in [0.15, 0.2) is 0 Å². The van der Waals surface area contributed by atoms with Crippen LogP contribution in [-0.4, -0.2) is 38.8 Å². The molecule has 0 aliphatic heterocycles. The van der Waals surface area contributed by atoms with Crippen molar-refractivity contribution in [2.45, 2.75) is 6.92 Å². The minimum atomic E-state index is -1.60. The summed E-state index contributed by atoms with van der Waals surface area (Å²) >= 11 is 0. The number of hydrogen-bond donors (Lipinski definition) is 2. The van der Waals surface area contributed by atoms with Gasteiger partial charge in [-0.25, -0.2) is 9.59 Å². The number of carbonyl (C=O) groups is 2. The molecule has 1 aromatic rings. The third-order valence-corrected chi connectivity index (χ3v) is 1.61. The molecule has 0 aliphatic rings. The Morgan fingerprint density at radius 1 is 1.62 bits per heavy atom. The molecule has 0 amide bonds. The Balaban J connectivity index is 3.25. The Hall–Kier alpha value is -2.45. The van der Waals surface area contributed by atoms with E-state index in [0.29, 0.717) is 0 Å². The maximum absolute atomic E-state index is 11.2. The van der Waals surface area contributed by atoms with E-state index in [9.17, 15) is 19.7 Å². The summed E-state index contributed by atoms with van der Waals surface area (Å²) in [5.74, 6) is -2.62. The van der Waals surface area contributed by atoms with Crippen LogP contribution in [0.25, 0.3) is 0 Å². The van der Waals surface area contributed by atoms with Crippen LogP contribution >= 0.6 is 0 Å². The molecule has 9 heteroatoms. The first kappa shape index (κ1) is 11.6. The first-order valence-electron chi connectivity index (χ1n) is 4.12. The van der Waals surface area contributed by atoms with E-state index in [1.165, 1.54) is 6.92 Å². The van der Waals surface area contributed by atoms with E-state index in [1.807, 2.05) is 5.10 Å². The monoisotopic (exact) mass is 229 g/mol. The predicted octanol–water partition coefficient (Wildman–Crippen LogP) is 0.193. The van der Waals surface area contributed by atoms with Gasteiger partial charge < -0.3 is 9.84 Å². The lowest BCUT2D eigenvalue weighted by molar-refractivity contribution is -0.385. The van der Waals surface area contributed by atoms with Gasteiger partial charge in [-0.05, 0) is 6.92 Å². The third-order valence-electron chi connectivity index (χ3n) is 1.61. The van der Waals surface area contributed by atoms with E-state index in [1.54, 1.807) is 0 Å². The maximum atomic E-state index is 11.2. The van der Waals surface area contributed by atoms with E-state index in [-0.39, 0.29) is 6.61 Å². The van der Waals surface area contributed by atoms with Crippen LogP contribution in [0.2, 0.25) is 0 Å². The van der Waals surface area contributed by atoms with Crippen molar-refractivity contribution < 1.29 is 24.4 Å². The zero-order chi connectivity index (χ0) is 12.3. The molecule has 0 atom stereocenters. The number of rotatable bonds is 4. The van der Waals surface area contributed by atoms with Crippen molar-refractivity contribution in [3.63, 3.8) is 0 Å². The molecule has 16 heavy (non-hydrogen) atoms. The molecule has 1 rings (SSSR count). The van der Waals surface area contributed by atoms with Gasteiger partial charge in [-0.15, -0.1) is 0 Å². The van der Waals surface area contributed by atoms with Gasteiger partial charge in [0, 0.05) is 0 Å². The summed E-state index contributed by atoms with van der Waals surface area (Å²) < 4.78 is 4.50. The van der Waals surface area contributed by atoms with Gasteiger partial charge in [-0.3, -0.25) is 15.2 Å². The third kappa shape index (κ3) is 1.97. The van der Waals surface area contributed by atoms with Gasteiger partial charge in [0.05, 0.1) is 11.5 Å². The zero-order valence-corrected chi connectivity index (χ0v) is 8.09. The minimum absolute atomic E-state index is 0.0113. The molecule has 0 fully saturated rings. The highest BCUT2D eigenvalue weighted by molar-refractivity contribution is 5.99. The van der Waals surface area contributed by atoms with Crippen molar-refractivity contribution in [3.8, 4) is 0 Å². The average molecular weight is 229 g/mol. The van der Waals surface area contributed by atoms with Crippen LogP contribution in [0.4, 0.5) is 5.69 Å². The summed E-state index contributed by atoms with van der Waals surface area (Å²) in [7, 11) is 0. The summed E-state index contributed by atoms with van der Waals surface area (Å²) in [5, 5.41) is 24.3. The highest BCUT2D eigenvalue weighted by atomic mass is 16.6. The second-order valence-corrected chi connectivity index (χ2v) is 2.58. The van der Waals surface area contributed by atoms with E-state index < -0.39 is 33.9 Å². The van der Waals surface area contributed by atoms with Crippen LogP contribution in [0.5, 0.6) is 0 Å². The van der Waals surface area contributed by atoms with Gasteiger partial charge in [0.2, 0.25) is 11.4 Å². The zero-order valence-electron chi connectivity index (χ0n) is 8.09. The number of aromatic carboxylic acids is 1. The molecule has 0 saturated carbocycles. The first-order chi connectivity index (χ1) is 7.49. The Kier molecular flexibility index (Phi) is 3.18. The normalized spacial score (nSPS) is 9.81. The highest BCUT2D eigenvalue weighted by Gasteiger charge is 2.33. The fourth-order valence-electron chi connectivity index (χ4n) is 1.01. The predicted molar refractivity (Wildman–Crippen MR) is 48.2 cm³/mol. The Labute approximate surface area is 88.2 Å². The summed E-state index contributed by atoms with van der Waals surface area (Å²) in [6, 6.07) is 0. The largest absolute Gasteiger partial charge is 0.476 e. The SMILES string of the molecule is CCOC(=O)c1[nH]nc(C(=O)O)c1[N+](=O)[O-]. The molecule has 0 aromatic carbocycles. The minimum Gasteiger partial charge on any atom is -0.476 e. The molecular weight excluding hydrogens is 222 g/mol. The maximum Gasteiger partial charge on any atom is 0.363 e. The number of carboxylic acids is 1. The van der Waals surface area contributed by atoms with E-state index in [0.717, 1.165) is 0 Å². The van der Waals surface area contributed by atoms with Crippen molar-refractivity contribution in [3.05, 3.63) is 21.5 Å². The topological polar surface area (TPSA) is 135 Å². The fraction of sp³-hybridized carbons (Fsp3) is 0.286. The van der Waals surface area contributed by atoms with E-state index >= 15 is 0 Å². The van der Waals surface area contributed by atoms with Crippen LogP contribution in [0, 0.1) is 10.1 Å². The number of hydrogen-bond acceptors (Lipinski definition) is 6. The summed E-state index contributed by atoms with van der Waals surface area (Å²) in [5.41, 5.74) is -2.30. The lowest BCUT2D eigenvalue weighted by Crippen LogP contribution is -2.09. The Morgan fingerprint density at radius 3 is 2.69 bits per heavy atom. The number of aromatic amines is 1. The molecule has 0 unspecified atom stereocenters. The molecule has 1 heterocycles. The van der Waals surface area contributed by atoms with Gasteiger partial charge in [0.1, 0.15) is 0 Å². The van der Waals surface area contributed by atoms with E-state index in [4.69, 9.17) is 5.11 Å². The molecule has 0 radical (unpaired) electrons. The summed E-state index contributed by atoms with van der Waals surface area (Å²) in [6.45, 7) is 1.52. The second kappa shape index (κ2) is 4.38. The first-order valence-corrected chi connectivity index (χ1v) is 4.12. The van der Waals surface area contributed by atoms with Crippen LogP contribution in [0.15, 0.2) is 0 Å². The number of nitro groups is 1. The average Bonchev–Trinajstić information content (AvgIpc) is 2.61. The molecule has 0 bridgehead atoms. The second-order valence-electron chi connectivity index (χ2n) is 2.58. The van der Waals surface area contributed by atoms with Gasteiger partial charge in [-0.1, -0.05) is 0 Å². The van der Waals surface area contributed by atoms with Crippen molar-refractivity contribution >= 4 is 17.6 Å². The number of carbonyl (C=O) groups excluding carboxylic acids is 1. The highest BCUT2D eigenvalue weighted by Crippen LogP contribution is 2.21. The Bertz CT molecular complexity index is 451. The van der Waals surface area contributed by atoms with Gasteiger partial charge in [-0.2, -0.15) is 5.10 Å². The number of nitrogens with zero attached hydrogens (tertiary/aromatic N) is 2. The van der Waals surface area contributed by atoms with Crippen LogP contribution < -0.4 is 0 Å². The Morgan fingerprint density at radius 2 is 2.25 bits per heavy atom. The molecule has 2 N–H and O–H groups in total. The van der Waals surface area contributed by atoms with Crippen molar-refractivity contribution in [2.24, 2.45) is 0 Å². The van der Waals surface area contributed by atoms with Gasteiger partial charge >= 0.3 is 17.6 Å². The standard InChI is InChI=1S/C7H7N3O6/c1-2-16-7(13)4-5(10(14)15)3(6(11)12)8-9-4/h2H2,1H3,(H,8,9)(H,11,12). The van der Waals surface area contributed by atoms with Crippen LogP contribution in [0.3, 0.4) is 0 Å². The molecule has 0 aliphatic carbocycles. The van der Waals surface area contributed by atoms with E-state index in [2.05, 4.69) is 9.84 Å². The van der Waals surface area contributed by atoms with Crippen LogP contribution in [-0.2, 0) is 4.74 Å². The van der Waals surface area contributed by atoms with Crippen molar-refractivity contribution in [2.75, 3.05) is 6.61 Å². The lowest BCUT2D eigenvalue weighted by Gasteiger charge is -1.97. The fourth-order valence-corrected chi connectivity index (χ4v) is 1.01. The molecule has 86 valence electrons. The molecule has 9 nitrogen and oxygen atoms in total. The quantitative estimate of drug-likeness (QED) is 0.427. The molecule has 0 spiro atoms. The summed E-state index contributed by atoms with van der Waals surface area (Å²) in [4.78, 5) is 31.4. The summed E-state index contributed by atoms with van der Waals surface area (Å²) in [6.07, 6.45) is 0. The molecule has 1 aromatic heterocycles. The number of ether oxygens (including phenoxy) is 1. The van der Waals surface area contributed by atoms with Crippen LogP contribution in [0.1, 0.15) is 27.9 Å². The number of H-pyrrole nitrogens is 1. The number of nitrogens with one attached hydrogen (secondary N) is 1. The smallest absolute Gasteiger partial charge is 0.363 e. The van der Waals surface area contributed by atoms with Crippen molar-refractivity contribution in [1.29, 1.82) is 0 Å². The number of aromatic nitrogens is 2. The number of esters is 1. The van der Waals surface area contributed by atoms with Crippen molar-refractivity contribution in [1.82, 2.24) is 10.2 Å². The molecule has 0 saturated heterocycles. The molecular formula is C7H7N3O6. The van der Waals surface area contributed by atoms with Gasteiger partial charge in [0.25, 0.3) is 0 Å².